The summed E-state index contributed by atoms with van der Waals surface area (Å²) in [6, 6.07) is -0.568. The van der Waals surface area contributed by atoms with Gasteiger partial charge in [-0.3, -0.25) is 14.5 Å². The van der Waals surface area contributed by atoms with Crippen molar-refractivity contribution in [1.82, 2.24) is 14.7 Å². The molecule has 1 aromatic rings. The summed E-state index contributed by atoms with van der Waals surface area (Å²) in [5.41, 5.74) is 2.53. The lowest BCUT2D eigenvalue weighted by molar-refractivity contribution is -0.139. The Labute approximate surface area is 148 Å². The zero-order valence-electron chi connectivity index (χ0n) is 14.6. The zero-order chi connectivity index (χ0) is 19.6. The van der Waals surface area contributed by atoms with E-state index in [0.717, 1.165) is 0 Å². The van der Waals surface area contributed by atoms with Gasteiger partial charge in [-0.15, -0.1) is 0 Å². The molecule has 6 nitrogen and oxygen atoms in total. The normalized spacial score (nSPS) is 17.3. The van der Waals surface area contributed by atoms with E-state index in [2.05, 4.69) is 5.10 Å². The van der Waals surface area contributed by atoms with Crippen molar-refractivity contribution in [2.45, 2.75) is 45.1 Å². The molecular formula is C16H22F4N4O2. The highest BCUT2D eigenvalue weighted by molar-refractivity contribution is 5.78. The quantitative estimate of drug-likeness (QED) is 0.730. The van der Waals surface area contributed by atoms with Crippen molar-refractivity contribution in [3.8, 4) is 0 Å². The van der Waals surface area contributed by atoms with Crippen molar-refractivity contribution in [2.75, 3.05) is 19.6 Å². The third-order valence-electron chi connectivity index (χ3n) is 4.21. The summed E-state index contributed by atoms with van der Waals surface area (Å²) in [4.78, 5) is 25.7. The maximum absolute atomic E-state index is 13.2. The maximum atomic E-state index is 13.2. The van der Waals surface area contributed by atoms with Gasteiger partial charge in [-0.2, -0.15) is 18.3 Å². The minimum atomic E-state index is -4.88. The van der Waals surface area contributed by atoms with Crippen LogP contribution in [0.5, 0.6) is 0 Å². The topological polar surface area (TPSA) is 81.2 Å². The molecular weight excluding hydrogens is 356 g/mol. The first-order valence-electron chi connectivity index (χ1n) is 8.34. The van der Waals surface area contributed by atoms with Gasteiger partial charge in [-0.1, -0.05) is 13.8 Å². The summed E-state index contributed by atoms with van der Waals surface area (Å²) in [5.74, 6) is -0.997. The summed E-state index contributed by atoms with van der Waals surface area (Å²) in [5, 5.41) is 3.95. The summed E-state index contributed by atoms with van der Waals surface area (Å²) in [6.45, 7) is 4.28. The molecule has 1 aromatic heterocycles. The van der Waals surface area contributed by atoms with Gasteiger partial charge >= 0.3 is 6.18 Å². The largest absolute Gasteiger partial charge is 0.421 e. The number of alkyl halides is 4. The Morgan fingerprint density at radius 2 is 2.00 bits per heavy atom. The number of nitrogens with two attached hydrogens (primary N) is 1. The monoisotopic (exact) mass is 378 g/mol. The average Bonchev–Trinajstić information content (AvgIpc) is 2.47. The molecule has 10 heteroatoms. The molecule has 2 heterocycles. The number of likely N-dealkylation sites (tertiary alicyclic amines) is 1. The minimum Gasteiger partial charge on any atom is -0.368 e. The molecule has 0 radical (unpaired) electrons. The van der Waals surface area contributed by atoms with Crippen LogP contribution in [0.25, 0.3) is 0 Å². The van der Waals surface area contributed by atoms with Gasteiger partial charge in [-0.25, -0.2) is 9.07 Å². The van der Waals surface area contributed by atoms with E-state index in [-0.39, 0.29) is 37.5 Å². The molecule has 0 unspecified atom stereocenters. The highest BCUT2D eigenvalue weighted by atomic mass is 19.4. The number of nitrogens with zero attached hydrogens (tertiary/aromatic N) is 3. The lowest BCUT2D eigenvalue weighted by atomic mass is 10.0. The molecule has 1 saturated heterocycles. The van der Waals surface area contributed by atoms with Crippen LogP contribution in [0.1, 0.15) is 37.6 Å². The first-order valence-corrected chi connectivity index (χ1v) is 8.34. The molecule has 0 aromatic carbocycles. The lowest BCUT2D eigenvalue weighted by Crippen LogP contribution is -2.49. The molecule has 1 amide bonds. The van der Waals surface area contributed by atoms with Gasteiger partial charge in [-0.05, 0) is 18.4 Å². The van der Waals surface area contributed by atoms with Crippen LogP contribution in [0.3, 0.4) is 0 Å². The van der Waals surface area contributed by atoms with Gasteiger partial charge in [0.1, 0.15) is 17.8 Å². The number of primary amides is 1. The third kappa shape index (κ3) is 4.80. The third-order valence-corrected chi connectivity index (χ3v) is 4.21. The fourth-order valence-electron chi connectivity index (χ4n) is 2.85. The average molecular weight is 378 g/mol. The number of halogens is 4. The fraction of sp³-hybridized carbons (Fsp3) is 0.688. The first-order chi connectivity index (χ1) is 12.0. The van der Waals surface area contributed by atoms with Crippen molar-refractivity contribution < 1.29 is 22.4 Å². The van der Waals surface area contributed by atoms with Crippen molar-refractivity contribution in [1.29, 1.82) is 0 Å². The summed E-state index contributed by atoms with van der Waals surface area (Å²) >= 11 is 0. The standard InChI is InChI=1S/C16H22F4N4O2/c1-9(2)5-13(14(21)25)24-15(26)12(16(18,19)20)6-11(22-24)3-4-23-7-10(17)8-23/h6,9-10,13H,3-5,7-8H2,1-2H3,(H2,21,25)/t13-/m0/s1. The predicted octanol–water partition coefficient (Wildman–Crippen LogP) is 1.53. The smallest absolute Gasteiger partial charge is 0.368 e. The van der Waals surface area contributed by atoms with Crippen LogP contribution in [0.2, 0.25) is 0 Å². The fourth-order valence-corrected chi connectivity index (χ4v) is 2.85. The van der Waals surface area contributed by atoms with E-state index in [1.807, 2.05) is 0 Å². The summed E-state index contributed by atoms with van der Waals surface area (Å²) in [6.07, 6.45) is -5.60. The van der Waals surface area contributed by atoms with Gasteiger partial charge in [0.15, 0.2) is 0 Å². The number of aromatic nitrogens is 2. The Morgan fingerprint density at radius 3 is 2.46 bits per heavy atom. The van der Waals surface area contributed by atoms with Crippen molar-refractivity contribution >= 4 is 5.91 Å². The van der Waals surface area contributed by atoms with Crippen LogP contribution in [0, 0.1) is 5.92 Å². The molecule has 0 bridgehead atoms. The molecule has 2 N–H and O–H groups in total. The molecule has 26 heavy (non-hydrogen) atoms. The van der Waals surface area contributed by atoms with Crippen molar-refractivity contribution in [2.24, 2.45) is 11.7 Å². The van der Waals surface area contributed by atoms with Crippen LogP contribution >= 0.6 is 0 Å². The van der Waals surface area contributed by atoms with E-state index in [0.29, 0.717) is 17.3 Å². The molecule has 2 rings (SSSR count). The van der Waals surface area contributed by atoms with Gasteiger partial charge in [0.2, 0.25) is 5.91 Å². The Bertz CT molecular complexity index is 711. The molecule has 146 valence electrons. The van der Waals surface area contributed by atoms with Crippen LogP contribution in [-0.4, -0.2) is 46.4 Å². The highest BCUT2D eigenvalue weighted by Crippen LogP contribution is 2.27. The van der Waals surface area contributed by atoms with E-state index < -0.39 is 35.4 Å². The summed E-state index contributed by atoms with van der Waals surface area (Å²) in [7, 11) is 0. The van der Waals surface area contributed by atoms with E-state index >= 15 is 0 Å². The van der Waals surface area contributed by atoms with E-state index in [4.69, 9.17) is 5.73 Å². The Balaban J connectivity index is 2.39. The molecule has 0 spiro atoms. The van der Waals surface area contributed by atoms with E-state index in [1.54, 1.807) is 18.7 Å². The van der Waals surface area contributed by atoms with Crippen LogP contribution in [-0.2, 0) is 17.4 Å². The predicted molar refractivity (Wildman–Crippen MR) is 86.2 cm³/mol. The maximum Gasteiger partial charge on any atom is 0.421 e. The zero-order valence-corrected chi connectivity index (χ0v) is 14.6. The second-order valence-electron chi connectivity index (χ2n) is 6.95. The minimum absolute atomic E-state index is 0.00855. The van der Waals surface area contributed by atoms with Gasteiger partial charge in [0.25, 0.3) is 5.56 Å². The molecule has 0 aliphatic carbocycles. The Morgan fingerprint density at radius 1 is 1.38 bits per heavy atom. The second-order valence-corrected chi connectivity index (χ2v) is 6.95. The first kappa shape index (κ1) is 20.3. The van der Waals surface area contributed by atoms with Gasteiger partial charge in [0.05, 0.1) is 5.69 Å². The number of carbonyl (C=O) groups is 1. The Kier molecular flexibility index (Phi) is 6.05. The van der Waals surface area contributed by atoms with Crippen LogP contribution in [0.15, 0.2) is 10.9 Å². The van der Waals surface area contributed by atoms with Gasteiger partial charge < -0.3 is 5.73 Å². The van der Waals surface area contributed by atoms with E-state index in [1.165, 1.54) is 0 Å². The number of hydrogen-bond donors (Lipinski definition) is 1. The number of rotatable bonds is 7. The molecule has 0 saturated carbocycles. The number of amides is 1. The lowest BCUT2D eigenvalue weighted by Gasteiger charge is -2.34. The SMILES string of the molecule is CC(C)C[C@@H](C(N)=O)n1nc(CCN2CC(F)C2)cc(C(F)(F)F)c1=O. The van der Waals surface area contributed by atoms with Crippen LogP contribution < -0.4 is 11.3 Å². The van der Waals surface area contributed by atoms with Crippen LogP contribution in [0.4, 0.5) is 17.6 Å². The van der Waals surface area contributed by atoms with Crippen molar-refractivity contribution in [3.05, 3.63) is 27.7 Å². The molecule has 1 fully saturated rings. The molecule has 1 aliphatic rings. The Hall–Kier alpha value is -1.97. The van der Waals surface area contributed by atoms with Gasteiger partial charge in [0, 0.05) is 26.1 Å². The number of hydrogen-bond acceptors (Lipinski definition) is 4. The second kappa shape index (κ2) is 7.73. The van der Waals surface area contributed by atoms with E-state index in [9.17, 15) is 27.2 Å². The molecule has 1 atom stereocenters. The van der Waals surface area contributed by atoms with Crippen molar-refractivity contribution in [3.63, 3.8) is 0 Å². The molecule has 1 aliphatic heterocycles. The summed E-state index contributed by atoms with van der Waals surface area (Å²) < 4.78 is 53.1. The number of carbonyl (C=O) groups excluding carboxylic acids is 1. The highest BCUT2D eigenvalue weighted by Gasteiger charge is 2.37.